The summed E-state index contributed by atoms with van der Waals surface area (Å²) in [5.74, 6) is 0. The lowest BCUT2D eigenvalue weighted by atomic mass is 10.0. The molecule has 0 aliphatic carbocycles. The van der Waals surface area contributed by atoms with E-state index in [0.717, 1.165) is 25.9 Å². The molecule has 0 aromatic rings. The first-order chi connectivity index (χ1) is 16.3. The first-order valence-corrected chi connectivity index (χ1v) is 15.6. The smallest absolute Gasteiger partial charge is 0.154 e. The average molecular weight is 469 g/mol. The molecule has 0 saturated carbocycles. The minimum atomic E-state index is -0.532. The molecule has 2 nitrogen and oxygen atoms in total. The van der Waals surface area contributed by atoms with Crippen LogP contribution in [0.25, 0.3) is 0 Å². The van der Waals surface area contributed by atoms with Gasteiger partial charge in [0.05, 0.1) is 0 Å². The van der Waals surface area contributed by atoms with E-state index in [0.29, 0.717) is 0 Å². The van der Waals surface area contributed by atoms with Crippen LogP contribution in [-0.2, 0) is 4.74 Å². The van der Waals surface area contributed by atoms with Crippen LogP contribution >= 0.6 is 0 Å². The summed E-state index contributed by atoms with van der Waals surface area (Å²) in [6, 6.07) is 0. The zero-order valence-corrected chi connectivity index (χ0v) is 23.2. The van der Waals surface area contributed by atoms with Crippen molar-refractivity contribution in [2.24, 2.45) is 0 Å². The number of aliphatic hydroxyl groups excluding tert-OH is 1. The SMILES string of the molecule is CCCCCCCCCCCCCCCCCOC(O)CCCCCCCCCCCCC. The van der Waals surface area contributed by atoms with E-state index in [4.69, 9.17) is 4.74 Å². The predicted molar refractivity (Wildman–Crippen MR) is 148 cm³/mol. The van der Waals surface area contributed by atoms with Crippen molar-refractivity contribution >= 4 is 0 Å². The van der Waals surface area contributed by atoms with Gasteiger partial charge in [-0.05, 0) is 19.3 Å². The maximum atomic E-state index is 9.99. The molecule has 2 heteroatoms. The van der Waals surface area contributed by atoms with Crippen molar-refractivity contribution < 1.29 is 9.84 Å². The van der Waals surface area contributed by atoms with Gasteiger partial charge in [0.2, 0.25) is 0 Å². The van der Waals surface area contributed by atoms with Gasteiger partial charge >= 0.3 is 0 Å². The first-order valence-electron chi connectivity index (χ1n) is 15.6. The van der Waals surface area contributed by atoms with Crippen LogP contribution < -0.4 is 0 Å². The lowest BCUT2D eigenvalue weighted by Gasteiger charge is -2.12. The third-order valence-electron chi connectivity index (χ3n) is 7.11. The maximum absolute atomic E-state index is 9.99. The molecule has 1 unspecified atom stereocenters. The molecule has 0 aromatic heterocycles. The van der Waals surface area contributed by atoms with E-state index >= 15 is 0 Å². The monoisotopic (exact) mass is 468 g/mol. The number of unbranched alkanes of at least 4 members (excludes halogenated alkanes) is 24. The van der Waals surface area contributed by atoms with E-state index in [1.807, 2.05) is 0 Å². The summed E-state index contributed by atoms with van der Waals surface area (Å²) in [5.41, 5.74) is 0. The summed E-state index contributed by atoms with van der Waals surface area (Å²) in [6.45, 7) is 5.31. The Morgan fingerprint density at radius 1 is 0.394 bits per heavy atom. The van der Waals surface area contributed by atoms with Crippen molar-refractivity contribution in [2.45, 2.75) is 193 Å². The molecule has 0 aromatic carbocycles. The Morgan fingerprint density at radius 3 is 1.00 bits per heavy atom. The third-order valence-corrected chi connectivity index (χ3v) is 7.11. The minimum Gasteiger partial charge on any atom is -0.368 e. The van der Waals surface area contributed by atoms with Crippen LogP contribution in [0.4, 0.5) is 0 Å². The molecular formula is C31H64O2. The Balaban J connectivity index is 3.12. The highest BCUT2D eigenvalue weighted by molar-refractivity contribution is 4.52. The Labute approximate surface area is 210 Å². The molecule has 33 heavy (non-hydrogen) atoms. The van der Waals surface area contributed by atoms with Crippen LogP contribution in [0.1, 0.15) is 187 Å². The largest absolute Gasteiger partial charge is 0.368 e. The van der Waals surface area contributed by atoms with Gasteiger partial charge in [-0.15, -0.1) is 0 Å². The molecule has 0 saturated heterocycles. The molecule has 1 atom stereocenters. The number of hydrogen-bond donors (Lipinski definition) is 1. The zero-order chi connectivity index (χ0) is 24.1. The van der Waals surface area contributed by atoms with Gasteiger partial charge < -0.3 is 9.84 Å². The summed E-state index contributed by atoms with van der Waals surface area (Å²) in [7, 11) is 0. The summed E-state index contributed by atoms with van der Waals surface area (Å²) in [6.07, 6.45) is 35.9. The van der Waals surface area contributed by atoms with Gasteiger partial charge in [-0.1, -0.05) is 168 Å². The average Bonchev–Trinajstić information content (AvgIpc) is 2.82. The molecule has 0 aliphatic rings. The van der Waals surface area contributed by atoms with Crippen molar-refractivity contribution in [1.82, 2.24) is 0 Å². The summed E-state index contributed by atoms with van der Waals surface area (Å²) in [5, 5.41) is 9.99. The second-order valence-corrected chi connectivity index (χ2v) is 10.6. The minimum absolute atomic E-state index is 0.532. The molecule has 0 spiro atoms. The highest BCUT2D eigenvalue weighted by atomic mass is 16.6. The molecule has 0 rings (SSSR count). The Kier molecular flexibility index (Phi) is 29.9. The molecule has 0 bridgehead atoms. The number of rotatable bonds is 29. The maximum Gasteiger partial charge on any atom is 0.154 e. The van der Waals surface area contributed by atoms with Gasteiger partial charge in [-0.25, -0.2) is 0 Å². The van der Waals surface area contributed by atoms with Crippen LogP contribution in [0, 0.1) is 0 Å². The van der Waals surface area contributed by atoms with E-state index in [-0.39, 0.29) is 0 Å². The van der Waals surface area contributed by atoms with Gasteiger partial charge in [-0.2, -0.15) is 0 Å². The highest BCUT2D eigenvalue weighted by Crippen LogP contribution is 2.15. The summed E-state index contributed by atoms with van der Waals surface area (Å²) in [4.78, 5) is 0. The molecule has 1 N–H and O–H groups in total. The van der Waals surface area contributed by atoms with E-state index in [9.17, 15) is 5.11 Å². The van der Waals surface area contributed by atoms with Crippen LogP contribution in [0.3, 0.4) is 0 Å². The fraction of sp³-hybridized carbons (Fsp3) is 1.00. The van der Waals surface area contributed by atoms with Gasteiger partial charge in [-0.3, -0.25) is 0 Å². The molecular weight excluding hydrogens is 404 g/mol. The van der Waals surface area contributed by atoms with E-state index in [1.165, 1.54) is 154 Å². The quantitative estimate of drug-likeness (QED) is 0.0873. The van der Waals surface area contributed by atoms with Gasteiger partial charge in [0.15, 0.2) is 6.29 Å². The zero-order valence-electron chi connectivity index (χ0n) is 23.2. The van der Waals surface area contributed by atoms with Gasteiger partial charge in [0.1, 0.15) is 0 Å². The van der Waals surface area contributed by atoms with Gasteiger partial charge in [0, 0.05) is 6.61 Å². The fourth-order valence-electron chi connectivity index (χ4n) is 4.76. The Morgan fingerprint density at radius 2 is 0.667 bits per heavy atom. The molecule has 200 valence electrons. The molecule has 0 fully saturated rings. The lowest BCUT2D eigenvalue weighted by Crippen LogP contribution is -2.12. The lowest BCUT2D eigenvalue weighted by molar-refractivity contribution is -0.105. The topological polar surface area (TPSA) is 29.5 Å². The second-order valence-electron chi connectivity index (χ2n) is 10.6. The van der Waals surface area contributed by atoms with Crippen molar-refractivity contribution in [3.8, 4) is 0 Å². The number of hydrogen-bond acceptors (Lipinski definition) is 2. The molecule has 0 radical (unpaired) electrons. The predicted octanol–water partition coefficient (Wildman–Crippen LogP) is 10.9. The van der Waals surface area contributed by atoms with Crippen molar-refractivity contribution in [3.05, 3.63) is 0 Å². The van der Waals surface area contributed by atoms with E-state index in [2.05, 4.69) is 13.8 Å². The first kappa shape index (κ1) is 32.9. The highest BCUT2D eigenvalue weighted by Gasteiger charge is 2.03. The fourth-order valence-corrected chi connectivity index (χ4v) is 4.76. The van der Waals surface area contributed by atoms with Crippen LogP contribution in [0.15, 0.2) is 0 Å². The Bertz CT molecular complexity index is 331. The summed E-state index contributed by atoms with van der Waals surface area (Å²) < 4.78 is 5.60. The standard InChI is InChI=1S/C31H64O2/c1-3-5-7-9-11-13-15-16-17-18-20-22-24-26-28-30-33-31(32)29-27-25-23-21-19-14-12-10-8-6-4-2/h31-32H,3-30H2,1-2H3. The van der Waals surface area contributed by atoms with Crippen LogP contribution in [0.5, 0.6) is 0 Å². The van der Waals surface area contributed by atoms with Crippen molar-refractivity contribution in [2.75, 3.05) is 6.61 Å². The second kappa shape index (κ2) is 30.0. The summed E-state index contributed by atoms with van der Waals surface area (Å²) >= 11 is 0. The van der Waals surface area contributed by atoms with E-state index in [1.54, 1.807) is 0 Å². The molecule has 0 aliphatic heterocycles. The van der Waals surface area contributed by atoms with Gasteiger partial charge in [0.25, 0.3) is 0 Å². The molecule has 0 amide bonds. The molecule has 0 heterocycles. The number of ether oxygens (including phenoxy) is 1. The third kappa shape index (κ3) is 29.9. The van der Waals surface area contributed by atoms with E-state index < -0.39 is 6.29 Å². The Hall–Kier alpha value is -0.0800. The normalized spacial score (nSPS) is 12.5. The van der Waals surface area contributed by atoms with Crippen molar-refractivity contribution in [3.63, 3.8) is 0 Å². The number of aliphatic hydroxyl groups is 1. The van der Waals surface area contributed by atoms with Crippen LogP contribution in [0.2, 0.25) is 0 Å². The van der Waals surface area contributed by atoms with Crippen LogP contribution in [-0.4, -0.2) is 18.0 Å². The van der Waals surface area contributed by atoms with Crippen molar-refractivity contribution in [1.29, 1.82) is 0 Å².